The Labute approximate surface area is 99.3 Å². The van der Waals surface area contributed by atoms with Crippen molar-refractivity contribution < 1.29 is 0 Å². The third kappa shape index (κ3) is 3.64. The molecule has 1 aromatic carbocycles. The zero-order valence-electron chi connectivity index (χ0n) is 10.3. The molecule has 1 N–H and O–H groups in total. The van der Waals surface area contributed by atoms with Crippen molar-refractivity contribution in [1.29, 1.82) is 0 Å². The Hall–Kier alpha value is -0.820. The van der Waals surface area contributed by atoms with E-state index < -0.39 is 0 Å². The molecule has 1 heterocycles. The van der Waals surface area contributed by atoms with Crippen molar-refractivity contribution in [2.75, 3.05) is 13.1 Å². The van der Waals surface area contributed by atoms with E-state index >= 15 is 0 Å². The molecule has 1 nitrogen and oxygen atoms in total. The quantitative estimate of drug-likeness (QED) is 0.816. The second-order valence-corrected chi connectivity index (χ2v) is 5.24. The summed E-state index contributed by atoms with van der Waals surface area (Å²) in [5.41, 5.74) is 1.49. The second-order valence-electron chi connectivity index (χ2n) is 5.24. The maximum Gasteiger partial charge on any atom is -0.00203 e. The van der Waals surface area contributed by atoms with Crippen LogP contribution in [-0.2, 0) is 6.42 Å². The van der Waals surface area contributed by atoms with Gasteiger partial charge >= 0.3 is 0 Å². The van der Waals surface area contributed by atoms with Gasteiger partial charge in [-0.15, -0.1) is 0 Å². The summed E-state index contributed by atoms with van der Waals surface area (Å²) in [6, 6.07) is 10.8. The molecular formula is C15H23N. The number of benzene rings is 1. The molecule has 0 spiro atoms. The number of piperidine rings is 1. The summed E-state index contributed by atoms with van der Waals surface area (Å²) in [6.45, 7) is 4.81. The van der Waals surface area contributed by atoms with E-state index in [1.54, 1.807) is 0 Å². The number of aryl methyl sites for hydroxylation is 1. The van der Waals surface area contributed by atoms with Crippen molar-refractivity contribution >= 4 is 0 Å². The number of hydrogen-bond acceptors (Lipinski definition) is 1. The zero-order valence-corrected chi connectivity index (χ0v) is 10.3. The van der Waals surface area contributed by atoms with Crippen LogP contribution >= 0.6 is 0 Å². The molecule has 2 atom stereocenters. The maximum absolute atomic E-state index is 3.53. The lowest BCUT2D eigenvalue weighted by Gasteiger charge is -2.27. The summed E-state index contributed by atoms with van der Waals surface area (Å²) in [4.78, 5) is 0. The fourth-order valence-electron chi connectivity index (χ4n) is 2.73. The predicted octanol–water partition coefficient (Wildman–Crippen LogP) is 3.25. The first kappa shape index (κ1) is 11.7. The van der Waals surface area contributed by atoms with Gasteiger partial charge in [-0.1, -0.05) is 37.3 Å². The molecule has 0 radical (unpaired) electrons. The minimum Gasteiger partial charge on any atom is -0.316 e. The van der Waals surface area contributed by atoms with Crippen molar-refractivity contribution in [1.82, 2.24) is 5.32 Å². The van der Waals surface area contributed by atoms with Crippen LogP contribution in [0.4, 0.5) is 0 Å². The van der Waals surface area contributed by atoms with E-state index in [2.05, 4.69) is 42.6 Å². The molecule has 0 bridgehead atoms. The normalized spacial score (nSPS) is 25.6. The van der Waals surface area contributed by atoms with Crippen molar-refractivity contribution in [2.45, 2.75) is 32.6 Å². The molecule has 1 fully saturated rings. The van der Waals surface area contributed by atoms with Gasteiger partial charge in [0.25, 0.3) is 0 Å². The van der Waals surface area contributed by atoms with E-state index in [1.165, 1.54) is 44.3 Å². The Morgan fingerprint density at radius 1 is 1.19 bits per heavy atom. The molecule has 0 aliphatic carbocycles. The minimum absolute atomic E-state index is 0.871. The van der Waals surface area contributed by atoms with Crippen LogP contribution in [0.25, 0.3) is 0 Å². The summed E-state index contributed by atoms with van der Waals surface area (Å²) in [5.74, 6) is 1.78. The molecule has 1 aliphatic heterocycles. The van der Waals surface area contributed by atoms with Gasteiger partial charge in [-0.3, -0.25) is 0 Å². The van der Waals surface area contributed by atoms with Crippen molar-refractivity contribution in [3.63, 3.8) is 0 Å². The molecule has 0 aromatic heterocycles. The molecule has 1 aromatic rings. The highest BCUT2D eigenvalue weighted by atomic mass is 14.9. The lowest BCUT2D eigenvalue weighted by Crippen LogP contribution is -2.34. The Balaban J connectivity index is 1.68. The molecular weight excluding hydrogens is 194 g/mol. The van der Waals surface area contributed by atoms with Gasteiger partial charge in [-0.25, -0.2) is 0 Å². The number of hydrogen-bond donors (Lipinski definition) is 1. The minimum atomic E-state index is 0.871. The molecule has 16 heavy (non-hydrogen) atoms. The fourth-order valence-corrected chi connectivity index (χ4v) is 2.73. The molecule has 1 heteroatoms. The highest BCUT2D eigenvalue weighted by Gasteiger charge is 2.17. The summed E-state index contributed by atoms with van der Waals surface area (Å²) >= 11 is 0. The van der Waals surface area contributed by atoms with Crippen LogP contribution in [-0.4, -0.2) is 13.1 Å². The monoisotopic (exact) mass is 217 g/mol. The van der Waals surface area contributed by atoms with Crippen molar-refractivity contribution in [3.8, 4) is 0 Å². The van der Waals surface area contributed by atoms with Crippen LogP contribution in [0.5, 0.6) is 0 Å². The fraction of sp³-hybridized carbons (Fsp3) is 0.600. The first-order chi connectivity index (χ1) is 7.84. The van der Waals surface area contributed by atoms with E-state index in [4.69, 9.17) is 0 Å². The number of rotatable bonds is 4. The van der Waals surface area contributed by atoms with Crippen LogP contribution in [0.2, 0.25) is 0 Å². The first-order valence-corrected chi connectivity index (χ1v) is 6.59. The van der Waals surface area contributed by atoms with E-state index in [-0.39, 0.29) is 0 Å². The van der Waals surface area contributed by atoms with Crippen LogP contribution in [0.3, 0.4) is 0 Å². The Bertz CT molecular complexity index is 294. The van der Waals surface area contributed by atoms with Gasteiger partial charge < -0.3 is 5.32 Å². The largest absolute Gasteiger partial charge is 0.316 e. The number of nitrogens with one attached hydrogen (secondary N) is 1. The topological polar surface area (TPSA) is 12.0 Å². The molecule has 1 aliphatic rings. The third-order valence-corrected chi connectivity index (χ3v) is 3.58. The molecule has 2 rings (SSSR count). The second kappa shape index (κ2) is 6.05. The Kier molecular flexibility index (Phi) is 4.41. The van der Waals surface area contributed by atoms with Gasteiger partial charge in [0, 0.05) is 0 Å². The highest BCUT2D eigenvalue weighted by Crippen LogP contribution is 2.21. The summed E-state index contributed by atoms with van der Waals surface area (Å²) in [7, 11) is 0. The van der Waals surface area contributed by atoms with Crippen molar-refractivity contribution in [2.24, 2.45) is 11.8 Å². The average Bonchev–Trinajstić information content (AvgIpc) is 2.30. The highest BCUT2D eigenvalue weighted by molar-refractivity contribution is 5.14. The van der Waals surface area contributed by atoms with Gasteiger partial charge in [-0.05, 0) is 56.2 Å². The maximum atomic E-state index is 3.53. The lowest BCUT2D eigenvalue weighted by molar-refractivity contribution is 0.285. The molecule has 1 saturated heterocycles. The first-order valence-electron chi connectivity index (χ1n) is 6.59. The van der Waals surface area contributed by atoms with Gasteiger partial charge in [0.1, 0.15) is 0 Å². The third-order valence-electron chi connectivity index (χ3n) is 3.58. The van der Waals surface area contributed by atoms with E-state index in [0.717, 1.165) is 11.8 Å². The molecule has 0 saturated carbocycles. The van der Waals surface area contributed by atoms with Crippen LogP contribution in [0.15, 0.2) is 30.3 Å². The van der Waals surface area contributed by atoms with E-state index in [0.29, 0.717) is 0 Å². The van der Waals surface area contributed by atoms with Gasteiger partial charge in [-0.2, -0.15) is 0 Å². The summed E-state index contributed by atoms with van der Waals surface area (Å²) < 4.78 is 0. The smallest absolute Gasteiger partial charge is 0.00203 e. The predicted molar refractivity (Wildman–Crippen MR) is 69.5 cm³/mol. The summed E-state index contributed by atoms with van der Waals surface area (Å²) in [6.07, 6.45) is 5.38. The van der Waals surface area contributed by atoms with E-state index in [9.17, 15) is 0 Å². The van der Waals surface area contributed by atoms with Crippen LogP contribution < -0.4 is 5.32 Å². The van der Waals surface area contributed by atoms with Gasteiger partial charge in [0.05, 0.1) is 0 Å². The molecule has 2 unspecified atom stereocenters. The van der Waals surface area contributed by atoms with Crippen molar-refractivity contribution in [3.05, 3.63) is 35.9 Å². The zero-order chi connectivity index (χ0) is 11.2. The van der Waals surface area contributed by atoms with Gasteiger partial charge in [0.15, 0.2) is 0 Å². The Morgan fingerprint density at radius 2 is 2.00 bits per heavy atom. The Morgan fingerprint density at radius 3 is 2.75 bits per heavy atom. The average molecular weight is 217 g/mol. The van der Waals surface area contributed by atoms with E-state index in [1.807, 2.05) is 0 Å². The standard InChI is InChI=1S/C15H23N/c1-13-10-15(12-16-11-13)9-5-8-14-6-3-2-4-7-14/h2-4,6-7,13,15-16H,5,8-12H2,1H3. The molecule has 0 amide bonds. The lowest BCUT2D eigenvalue weighted by atomic mass is 9.88. The molecule has 88 valence electrons. The SMILES string of the molecule is CC1CNCC(CCCc2ccccc2)C1. The van der Waals surface area contributed by atoms with Crippen LogP contribution in [0, 0.1) is 11.8 Å². The van der Waals surface area contributed by atoms with Crippen LogP contribution in [0.1, 0.15) is 31.7 Å². The van der Waals surface area contributed by atoms with Gasteiger partial charge in [0.2, 0.25) is 0 Å². The summed E-state index contributed by atoms with van der Waals surface area (Å²) in [5, 5.41) is 3.53.